The maximum Gasteiger partial charge on any atom is 0.124 e. The summed E-state index contributed by atoms with van der Waals surface area (Å²) >= 11 is 0. The van der Waals surface area contributed by atoms with E-state index in [0.717, 1.165) is 37.0 Å². The predicted molar refractivity (Wildman–Crippen MR) is 82.2 cm³/mol. The molecule has 2 rings (SSSR count). The van der Waals surface area contributed by atoms with E-state index in [-0.39, 0.29) is 18.2 Å². The highest BCUT2D eigenvalue weighted by molar-refractivity contribution is 5.39. The van der Waals surface area contributed by atoms with Crippen LogP contribution in [0.4, 0.5) is 0 Å². The Labute approximate surface area is 122 Å². The second-order valence-electron chi connectivity index (χ2n) is 5.91. The maximum absolute atomic E-state index is 10.2. The first-order valence-corrected chi connectivity index (χ1v) is 7.74. The molecule has 3 unspecified atom stereocenters. The van der Waals surface area contributed by atoms with Crippen molar-refractivity contribution < 1.29 is 9.84 Å². The van der Waals surface area contributed by atoms with E-state index in [9.17, 15) is 5.11 Å². The molecule has 112 valence electrons. The lowest BCUT2D eigenvalue weighted by Crippen LogP contribution is -2.31. The Kier molecular flexibility index (Phi) is 5.44. The fraction of sp³-hybridized carbons (Fsp3) is 0.647. The van der Waals surface area contributed by atoms with E-state index >= 15 is 0 Å². The van der Waals surface area contributed by atoms with E-state index in [4.69, 9.17) is 4.74 Å². The molecular formula is C17H27NO2. The maximum atomic E-state index is 10.2. The van der Waals surface area contributed by atoms with Gasteiger partial charge in [-0.1, -0.05) is 25.0 Å². The minimum absolute atomic E-state index is 0.0675. The molecule has 0 saturated heterocycles. The van der Waals surface area contributed by atoms with Crippen molar-refractivity contribution in [2.24, 2.45) is 0 Å². The normalized spacial score (nSPS) is 25.0. The van der Waals surface area contributed by atoms with Crippen LogP contribution in [0.3, 0.4) is 0 Å². The Morgan fingerprint density at radius 3 is 2.75 bits per heavy atom. The van der Waals surface area contributed by atoms with Crippen LogP contribution in [-0.4, -0.2) is 24.4 Å². The summed E-state index contributed by atoms with van der Waals surface area (Å²) in [4.78, 5) is 0. The zero-order valence-electron chi connectivity index (χ0n) is 12.9. The summed E-state index contributed by atoms with van der Waals surface area (Å²) < 4.78 is 6.19. The van der Waals surface area contributed by atoms with Crippen molar-refractivity contribution in [3.63, 3.8) is 0 Å². The highest BCUT2D eigenvalue weighted by atomic mass is 16.5. The van der Waals surface area contributed by atoms with Gasteiger partial charge in [-0.05, 0) is 51.8 Å². The number of hydrogen-bond acceptors (Lipinski definition) is 3. The van der Waals surface area contributed by atoms with Gasteiger partial charge in [0.2, 0.25) is 0 Å². The molecule has 0 bridgehead atoms. The highest BCUT2D eigenvalue weighted by Crippen LogP contribution is 2.30. The Balaban J connectivity index is 2.20. The van der Waals surface area contributed by atoms with Crippen LogP contribution >= 0.6 is 0 Å². The summed E-state index contributed by atoms with van der Waals surface area (Å²) in [5, 5.41) is 13.5. The summed E-state index contributed by atoms with van der Waals surface area (Å²) in [5.41, 5.74) is 2.35. The zero-order valence-corrected chi connectivity index (χ0v) is 12.9. The van der Waals surface area contributed by atoms with Gasteiger partial charge in [0.1, 0.15) is 11.9 Å². The number of nitrogens with one attached hydrogen (secondary N) is 1. The Hall–Kier alpha value is -1.06. The van der Waals surface area contributed by atoms with E-state index in [0.29, 0.717) is 0 Å². The molecule has 20 heavy (non-hydrogen) atoms. The topological polar surface area (TPSA) is 41.5 Å². The molecule has 1 aliphatic carbocycles. The fourth-order valence-electron chi connectivity index (χ4n) is 2.81. The first-order valence-electron chi connectivity index (χ1n) is 7.74. The van der Waals surface area contributed by atoms with Crippen LogP contribution in [0.5, 0.6) is 5.75 Å². The minimum atomic E-state index is -0.337. The lowest BCUT2D eigenvalue weighted by molar-refractivity contribution is 0.0311. The van der Waals surface area contributed by atoms with Crippen LogP contribution in [-0.2, 0) is 0 Å². The summed E-state index contributed by atoms with van der Waals surface area (Å²) in [6.45, 7) is 4.20. The molecule has 0 heterocycles. The van der Waals surface area contributed by atoms with Crippen LogP contribution in [0.25, 0.3) is 0 Å². The lowest BCUT2D eigenvalue weighted by Gasteiger charge is -2.25. The standard InChI is InChI=1S/C17H27NO2/c1-12-9-10-14(13(2)18-3)17(11-12)20-16-8-6-4-5-7-15(16)19/h9-11,13,15-16,18-19H,4-8H2,1-3H3. The van der Waals surface area contributed by atoms with E-state index < -0.39 is 0 Å². The molecule has 0 amide bonds. The SMILES string of the molecule is CNC(C)c1ccc(C)cc1OC1CCCCCC1O. The van der Waals surface area contributed by atoms with Gasteiger partial charge >= 0.3 is 0 Å². The molecule has 2 N–H and O–H groups in total. The summed E-state index contributed by atoms with van der Waals surface area (Å²) in [6, 6.07) is 6.56. The molecule has 0 aromatic heterocycles. The van der Waals surface area contributed by atoms with Gasteiger partial charge < -0.3 is 15.2 Å². The lowest BCUT2D eigenvalue weighted by atomic mass is 10.0. The average Bonchev–Trinajstić information content (AvgIpc) is 2.64. The van der Waals surface area contributed by atoms with Crippen molar-refractivity contribution in [3.05, 3.63) is 29.3 Å². The number of ether oxygens (including phenoxy) is 1. The van der Waals surface area contributed by atoms with Gasteiger partial charge in [0.15, 0.2) is 0 Å². The Bertz CT molecular complexity index is 433. The Morgan fingerprint density at radius 1 is 1.25 bits per heavy atom. The smallest absolute Gasteiger partial charge is 0.124 e. The molecule has 1 aromatic rings. The van der Waals surface area contributed by atoms with Crippen LogP contribution in [0.15, 0.2) is 18.2 Å². The van der Waals surface area contributed by atoms with Gasteiger partial charge in [0, 0.05) is 11.6 Å². The van der Waals surface area contributed by atoms with Gasteiger partial charge in [0.25, 0.3) is 0 Å². The monoisotopic (exact) mass is 277 g/mol. The molecule has 1 saturated carbocycles. The zero-order chi connectivity index (χ0) is 14.5. The number of aliphatic hydroxyl groups is 1. The number of aliphatic hydroxyl groups excluding tert-OH is 1. The van der Waals surface area contributed by atoms with Gasteiger partial charge in [-0.25, -0.2) is 0 Å². The number of aryl methyl sites for hydroxylation is 1. The summed E-state index contributed by atoms with van der Waals surface area (Å²) in [5.74, 6) is 0.915. The van der Waals surface area contributed by atoms with Crippen LogP contribution in [0.2, 0.25) is 0 Å². The number of benzene rings is 1. The largest absolute Gasteiger partial charge is 0.487 e. The number of hydrogen-bond donors (Lipinski definition) is 2. The van der Waals surface area contributed by atoms with E-state index in [1.807, 2.05) is 7.05 Å². The van der Waals surface area contributed by atoms with Crippen molar-refractivity contribution >= 4 is 0 Å². The third kappa shape index (κ3) is 3.74. The predicted octanol–water partition coefficient (Wildman–Crippen LogP) is 3.35. The summed E-state index contributed by atoms with van der Waals surface area (Å²) in [6.07, 6.45) is 4.84. The van der Waals surface area contributed by atoms with Crippen LogP contribution in [0, 0.1) is 6.92 Å². The van der Waals surface area contributed by atoms with Crippen LogP contribution < -0.4 is 10.1 Å². The highest BCUT2D eigenvalue weighted by Gasteiger charge is 2.24. The second-order valence-corrected chi connectivity index (χ2v) is 5.91. The molecule has 0 aliphatic heterocycles. The third-order valence-corrected chi connectivity index (χ3v) is 4.26. The Morgan fingerprint density at radius 2 is 2.00 bits per heavy atom. The van der Waals surface area contributed by atoms with E-state index in [1.165, 1.54) is 12.0 Å². The van der Waals surface area contributed by atoms with Gasteiger partial charge in [0.05, 0.1) is 6.10 Å². The minimum Gasteiger partial charge on any atom is -0.487 e. The first-order chi connectivity index (χ1) is 9.61. The second kappa shape index (κ2) is 7.09. The van der Waals surface area contributed by atoms with Crippen molar-refractivity contribution in [2.75, 3.05) is 7.05 Å². The van der Waals surface area contributed by atoms with Gasteiger partial charge in [-0.15, -0.1) is 0 Å². The summed E-state index contributed by atoms with van der Waals surface area (Å²) in [7, 11) is 1.95. The van der Waals surface area contributed by atoms with Crippen molar-refractivity contribution in [3.8, 4) is 5.75 Å². The molecule has 1 aliphatic rings. The van der Waals surface area contributed by atoms with Gasteiger partial charge in [-0.3, -0.25) is 0 Å². The molecule has 3 nitrogen and oxygen atoms in total. The molecular weight excluding hydrogens is 250 g/mol. The molecule has 0 spiro atoms. The van der Waals surface area contributed by atoms with Crippen LogP contribution in [0.1, 0.15) is 56.2 Å². The quantitative estimate of drug-likeness (QED) is 0.829. The van der Waals surface area contributed by atoms with E-state index in [2.05, 4.69) is 37.4 Å². The van der Waals surface area contributed by atoms with Gasteiger partial charge in [-0.2, -0.15) is 0 Å². The van der Waals surface area contributed by atoms with Crippen molar-refractivity contribution in [2.45, 2.75) is 64.2 Å². The molecule has 3 atom stereocenters. The molecule has 0 radical (unpaired) electrons. The van der Waals surface area contributed by atoms with Crippen molar-refractivity contribution in [1.82, 2.24) is 5.32 Å². The van der Waals surface area contributed by atoms with E-state index in [1.54, 1.807) is 0 Å². The third-order valence-electron chi connectivity index (χ3n) is 4.26. The fourth-order valence-corrected chi connectivity index (χ4v) is 2.81. The molecule has 3 heteroatoms. The molecule has 1 aromatic carbocycles. The van der Waals surface area contributed by atoms with Crippen molar-refractivity contribution in [1.29, 1.82) is 0 Å². The molecule has 1 fully saturated rings. The average molecular weight is 277 g/mol. The first kappa shape index (κ1) is 15.3. The number of rotatable bonds is 4.